The quantitative estimate of drug-likeness (QED) is 0.109. The van der Waals surface area contributed by atoms with Gasteiger partial charge in [-0.15, -0.1) is 12.8 Å². The molecule has 0 bridgehead atoms. The van der Waals surface area contributed by atoms with Crippen molar-refractivity contribution in [3.63, 3.8) is 0 Å². The zero-order valence-corrected chi connectivity index (χ0v) is 18.3. The third kappa shape index (κ3) is 17.2. The van der Waals surface area contributed by atoms with Gasteiger partial charge >= 0.3 is 12.0 Å². The fourth-order valence-electron chi connectivity index (χ4n) is 1.61. The summed E-state index contributed by atoms with van der Waals surface area (Å²) in [7, 11) is 0. The molecule has 172 valence electrons. The predicted molar refractivity (Wildman–Crippen MR) is 116 cm³/mol. The number of aliphatic carboxylic acids is 1. The smallest absolute Gasteiger partial charge is 0.328 e. The maximum Gasteiger partial charge on any atom is 0.328 e. The average molecular weight is 430 g/mol. The van der Waals surface area contributed by atoms with Crippen molar-refractivity contribution >= 4 is 30.3 Å². The number of amides is 2. The van der Waals surface area contributed by atoms with Crippen LogP contribution >= 0.6 is 0 Å². The first-order valence-corrected chi connectivity index (χ1v) is 9.15. The van der Waals surface area contributed by atoms with E-state index in [4.69, 9.17) is 15.7 Å². The van der Waals surface area contributed by atoms with Crippen LogP contribution in [-0.2, 0) is 14.4 Å². The number of hydrogen-bond donors (Lipinski definition) is 5. The SMILES string of the molecule is C#C.C=N/C(=N\OCCNC(=O)NC(C(=O)O)C(C)O)C(N)C(C)CC.CC(C)=O. The number of nitrogens with one attached hydrogen (secondary N) is 2. The molecule has 0 fully saturated rings. The van der Waals surface area contributed by atoms with Crippen molar-refractivity contribution in [3.05, 3.63) is 0 Å². The first-order valence-electron chi connectivity index (χ1n) is 9.15. The van der Waals surface area contributed by atoms with Crippen LogP contribution in [0.5, 0.6) is 0 Å². The van der Waals surface area contributed by atoms with Crippen LogP contribution in [-0.4, -0.2) is 71.9 Å². The van der Waals surface area contributed by atoms with Crippen molar-refractivity contribution in [2.75, 3.05) is 13.2 Å². The molecule has 0 saturated heterocycles. The van der Waals surface area contributed by atoms with Crippen molar-refractivity contribution in [3.8, 4) is 12.8 Å². The molecule has 0 aliphatic rings. The summed E-state index contributed by atoms with van der Waals surface area (Å²) in [5.74, 6) is -0.731. The van der Waals surface area contributed by atoms with E-state index in [1.165, 1.54) is 20.8 Å². The molecule has 0 saturated carbocycles. The van der Waals surface area contributed by atoms with Crippen molar-refractivity contribution in [1.82, 2.24) is 10.6 Å². The Labute approximate surface area is 178 Å². The highest BCUT2D eigenvalue weighted by atomic mass is 16.6. The highest BCUT2D eigenvalue weighted by Crippen LogP contribution is 2.07. The van der Waals surface area contributed by atoms with Crippen LogP contribution < -0.4 is 16.4 Å². The fourth-order valence-corrected chi connectivity index (χ4v) is 1.61. The number of rotatable bonds is 10. The Morgan fingerprint density at radius 2 is 1.73 bits per heavy atom. The van der Waals surface area contributed by atoms with E-state index in [1.807, 2.05) is 13.8 Å². The summed E-state index contributed by atoms with van der Waals surface area (Å²) in [6.45, 7) is 11.8. The number of aliphatic hydroxyl groups excluding tert-OH is 1. The molecule has 2 amide bonds. The Bertz CT molecular complexity index is 573. The maximum absolute atomic E-state index is 11.5. The largest absolute Gasteiger partial charge is 0.480 e. The van der Waals surface area contributed by atoms with Crippen molar-refractivity contribution < 1.29 is 29.4 Å². The fraction of sp³-hybridized carbons (Fsp3) is 0.632. The number of nitrogens with zero attached hydrogens (tertiary/aromatic N) is 2. The molecule has 4 atom stereocenters. The van der Waals surface area contributed by atoms with Crippen molar-refractivity contribution in [1.29, 1.82) is 0 Å². The molecular formula is C19H35N5O6. The van der Waals surface area contributed by atoms with Crippen LogP contribution in [0.15, 0.2) is 10.1 Å². The van der Waals surface area contributed by atoms with Crippen molar-refractivity contribution in [2.45, 2.75) is 59.2 Å². The van der Waals surface area contributed by atoms with Gasteiger partial charge in [0.05, 0.1) is 18.7 Å². The van der Waals surface area contributed by atoms with Gasteiger partial charge in [-0.3, -0.25) is 0 Å². The third-order valence-electron chi connectivity index (χ3n) is 3.39. The van der Waals surface area contributed by atoms with Gasteiger partial charge in [-0.05, 0) is 33.4 Å². The zero-order valence-electron chi connectivity index (χ0n) is 18.3. The normalized spacial score (nSPS) is 14.1. The van der Waals surface area contributed by atoms with Crippen LogP contribution in [0.25, 0.3) is 0 Å². The lowest BCUT2D eigenvalue weighted by Crippen LogP contribution is -2.51. The van der Waals surface area contributed by atoms with E-state index >= 15 is 0 Å². The standard InChI is InChI=1S/C14H27N5O5.C3H6O.C2H2/c1-5-8(2)10(15)12(16-4)19-24-7-6-17-14(23)18-11(9(3)20)13(21)22;1-3(2)4;1-2/h8-11,20H,4-7,15H2,1-3H3,(H,21,22)(H2,17,18,23);1-2H3;1-2H/b19-12-;;. The number of terminal acetylenes is 1. The minimum absolute atomic E-state index is 0.0338. The monoisotopic (exact) mass is 429 g/mol. The molecule has 0 aliphatic carbocycles. The average Bonchev–Trinajstić information content (AvgIpc) is 2.68. The lowest BCUT2D eigenvalue weighted by atomic mass is 9.99. The second-order valence-corrected chi connectivity index (χ2v) is 6.22. The molecule has 0 rings (SSSR count). The number of oxime groups is 1. The number of carboxylic acids is 1. The maximum atomic E-state index is 11.5. The molecule has 0 heterocycles. The molecule has 0 aromatic heterocycles. The molecule has 0 radical (unpaired) electrons. The van der Waals surface area contributed by atoms with Gasteiger partial charge in [-0.2, -0.15) is 0 Å². The summed E-state index contributed by atoms with van der Waals surface area (Å²) in [4.78, 5) is 40.5. The summed E-state index contributed by atoms with van der Waals surface area (Å²) in [5.41, 5.74) is 5.95. The summed E-state index contributed by atoms with van der Waals surface area (Å²) >= 11 is 0. The molecule has 0 aromatic rings. The van der Waals surface area contributed by atoms with Gasteiger partial charge in [0.25, 0.3) is 0 Å². The van der Waals surface area contributed by atoms with Crippen LogP contribution in [0.2, 0.25) is 0 Å². The van der Waals surface area contributed by atoms with Gasteiger partial charge in [0.15, 0.2) is 11.9 Å². The number of Topliss-reactive ketones (excluding diaryl/α,β-unsaturated/α-hetero) is 1. The highest BCUT2D eigenvalue weighted by Gasteiger charge is 2.24. The van der Waals surface area contributed by atoms with Gasteiger partial charge < -0.3 is 36.2 Å². The number of amidine groups is 1. The van der Waals surface area contributed by atoms with Gasteiger partial charge in [0.1, 0.15) is 12.4 Å². The third-order valence-corrected chi connectivity index (χ3v) is 3.39. The van der Waals surface area contributed by atoms with Gasteiger partial charge in [0, 0.05) is 0 Å². The number of carboxylic acid groups (broad SMARTS) is 1. The van der Waals surface area contributed by atoms with E-state index in [0.717, 1.165) is 6.42 Å². The van der Waals surface area contributed by atoms with E-state index < -0.39 is 30.2 Å². The van der Waals surface area contributed by atoms with Crippen LogP contribution in [0.1, 0.15) is 41.0 Å². The Morgan fingerprint density at radius 3 is 2.10 bits per heavy atom. The van der Waals surface area contributed by atoms with Crippen LogP contribution in [0.4, 0.5) is 4.79 Å². The first-order chi connectivity index (χ1) is 14.0. The second-order valence-electron chi connectivity index (χ2n) is 6.22. The predicted octanol–water partition coefficient (Wildman–Crippen LogP) is 0.368. The summed E-state index contributed by atoms with van der Waals surface area (Å²) in [5, 5.41) is 26.4. The molecule has 0 spiro atoms. The summed E-state index contributed by atoms with van der Waals surface area (Å²) in [6, 6.07) is -2.53. The number of hydrogen-bond acceptors (Lipinski definition) is 7. The molecule has 0 aromatic carbocycles. The lowest BCUT2D eigenvalue weighted by molar-refractivity contribution is -0.141. The minimum Gasteiger partial charge on any atom is -0.480 e. The summed E-state index contributed by atoms with van der Waals surface area (Å²) < 4.78 is 0. The molecule has 11 heteroatoms. The van der Waals surface area contributed by atoms with Crippen molar-refractivity contribution in [2.24, 2.45) is 21.8 Å². The van der Waals surface area contributed by atoms with E-state index in [9.17, 15) is 19.5 Å². The molecular weight excluding hydrogens is 394 g/mol. The number of aliphatic imine (C=N–C) groups is 1. The van der Waals surface area contributed by atoms with E-state index in [2.05, 4.69) is 40.3 Å². The first kappa shape index (κ1) is 31.7. The van der Waals surface area contributed by atoms with E-state index in [-0.39, 0.29) is 30.7 Å². The Balaban J connectivity index is -0.00000108. The van der Waals surface area contributed by atoms with Gasteiger partial charge in [0.2, 0.25) is 0 Å². The molecule has 11 nitrogen and oxygen atoms in total. The van der Waals surface area contributed by atoms with Crippen LogP contribution in [0.3, 0.4) is 0 Å². The lowest BCUT2D eigenvalue weighted by Gasteiger charge is -2.17. The van der Waals surface area contributed by atoms with Crippen LogP contribution in [0, 0.1) is 18.8 Å². The van der Waals surface area contributed by atoms with Gasteiger partial charge in [-0.25, -0.2) is 14.6 Å². The molecule has 6 N–H and O–H groups in total. The Hall–Kier alpha value is -2.97. The number of carbonyl (C=O) groups is 3. The second kappa shape index (κ2) is 19.4. The number of aliphatic hydroxyl groups is 1. The highest BCUT2D eigenvalue weighted by molar-refractivity contribution is 5.90. The summed E-state index contributed by atoms with van der Waals surface area (Å²) in [6.07, 6.45) is 7.63. The molecule has 4 unspecified atom stereocenters. The number of ketones is 1. The van der Waals surface area contributed by atoms with Gasteiger partial charge in [-0.1, -0.05) is 25.4 Å². The van der Waals surface area contributed by atoms with E-state index in [0.29, 0.717) is 0 Å². The zero-order chi connectivity index (χ0) is 24.3. The Morgan fingerprint density at radius 1 is 1.23 bits per heavy atom. The minimum atomic E-state index is -1.39. The number of carbonyl (C=O) groups excluding carboxylic acids is 2. The molecule has 0 aliphatic heterocycles. The topological polar surface area (TPSA) is 176 Å². The Kier molecular flexibility index (Phi) is 20.5. The molecule has 30 heavy (non-hydrogen) atoms. The van der Waals surface area contributed by atoms with E-state index in [1.54, 1.807) is 0 Å². The number of urea groups is 1. The number of nitrogens with two attached hydrogens (primary N) is 1.